The van der Waals surface area contributed by atoms with Crippen LogP contribution in [-0.4, -0.2) is 9.38 Å². The van der Waals surface area contributed by atoms with Gasteiger partial charge in [-0.25, -0.2) is 9.37 Å². The maximum Gasteiger partial charge on any atom is 0.160 e. The Hall–Kier alpha value is -2.62. The van der Waals surface area contributed by atoms with E-state index in [9.17, 15) is 4.39 Å². The third-order valence-electron chi connectivity index (χ3n) is 4.80. The molecule has 0 aliphatic carbocycles. The van der Waals surface area contributed by atoms with Crippen molar-refractivity contribution in [3.05, 3.63) is 70.4 Å². The largest absolute Gasteiger partial charge is 0.378 e. The molecule has 0 amide bonds. The molecule has 130 valence electrons. The molecule has 1 N–H and O–H groups in total. The van der Waals surface area contributed by atoms with Gasteiger partial charge in [0.25, 0.3) is 0 Å². The van der Waals surface area contributed by atoms with Crippen LogP contribution in [0, 0.1) is 33.5 Å². The monoisotopic (exact) mass is 337 g/mol. The minimum Gasteiger partial charge on any atom is -0.378 e. The molecule has 3 nitrogen and oxygen atoms in total. The van der Waals surface area contributed by atoms with E-state index >= 15 is 0 Å². The molecule has 3 rings (SSSR count). The summed E-state index contributed by atoms with van der Waals surface area (Å²) in [6, 6.07) is 5.24. The highest BCUT2D eigenvalue weighted by Gasteiger charge is 2.12. The lowest BCUT2D eigenvalue weighted by Gasteiger charge is -2.14. The molecule has 25 heavy (non-hydrogen) atoms. The zero-order chi connectivity index (χ0) is 18.3. The fraction of sp³-hybridized carbons (Fsp3) is 0.286. The van der Waals surface area contributed by atoms with Crippen molar-refractivity contribution < 1.29 is 4.39 Å². The summed E-state index contributed by atoms with van der Waals surface area (Å²) in [6.45, 7) is 14.6. The van der Waals surface area contributed by atoms with E-state index in [0.29, 0.717) is 6.54 Å². The Labute approximate surface area is 148 Å². The molecule has 0 saturated carbocycles. The van der Waals surface area contributed by atoms with E-state index in [2.05, 4.69) is 35.5 Å². The number of anilines is 1. The second-order valence-electron chi connectivity index (χ2n) is 6.77. The number of hydrogen-bond donors (Lipinski definition) is 1. The lowest BCUT2D eigenvalue weighted by Crippen LogP contribution is -2.06. The van der Waals surface area contributed by atoms with Crippen LogP contribution in [0.5, 0.6) is 0 Å². The van der Waals surface area contributed by atoms with Crippen molar-refractivity contribution in [2.75, 3.05) is 5.32 Å². The number of halogens is 1. The molecule has 3 aromatic rings. The van der Waals surface area contributed by atoms with Gasteiger partial charge in [0.2, 0.25) is 0 Å². The number of hydrogen-bond acceptors (Lipinski definition) is 2. The van der Waals surface area contributed by atoms with E-state index in [-0.39, 0.29) is 5.82 Å². The average molecular weight is 337 g/mol. The number of benzene rings is 1. The molecule has 2 heterocycles. The third-order valence-corrected chi connectivity index (χ3v) is 4.80. The average Bonchev–Trinajstić information content (AvgIpc) is 2.81. The maximum absolute atomic E-state index is 13.5. The fourth-order valence-corrected chi connectivity index (χ4v) is 3.14. The summed E-state index contributed by atoms with van der Waals surface area (Å²) in [6.07, 6.45) is 2.08. The molecule has 0 atom stereocenters. The van der Waals surface area contributed by atoms with Crippen molar-refractivity contribution in [2.24, 2.45) is 0 Å². The molecular formula is C21H24FN3. The highest BCUT2D eigenvalue weighted by molar-refractivity contribution is 5.75. The van der Waals surface area contributed by atoms with E-state index in [1.54, 1.807) is 12.1 Å². The van der Waals surface area contributed by atoms with Crippen LogP contribution < -0.4 is 5.32 Å². The van der Waals surface area contributed by atoms with Crippen LogP contribution in [0.15, 0.2) is 31.0 Å². The van der Waals surface area contributed by atoms with Crippen LogP contribution in [0.2, 0.25) is 0 Å². The zero-order valence-electron chi connectivity index (χ0n) is 15.5. The zero-order valence-corrected chi connectivity index (χ0v) is 15.5. The third kappa shape index (κ3) is 3.16. The first kappa shape index (κ1) is 17.2. The highest BCUT2D eigenvalue weighted by atomic mass is 19.1. The van der Waals surface area contributed by atoms with Gasteiger partial charge in [0.05, 0.1) is 11.4 Å². The highest BCUT2D eigenvalue weighted by Crippen LogP contribution is 2.26. The summed E-state index contributed by atoms with van der Waals surface area (Å²) in [7, 11) is 0. The van der Waals surface area contributed by atoms with E-state index in [1.165, 1.54) is 0 Å². The molecule has 2 aromatic heterocycles. The van der Waals surface area contributed by atoms with Gasteiger partial charge in [-0.3, -0.25) is 0 Å². The van der Waals surface area contributed by atoms with Crippen LogP contribution >= 0.6 is 0 Å². The van der Waals surface area contributed by atoms with Crippen molar-refractivity contribution >= 4 is 16.9 Å². The summed E-state index contributed by atoms with van der Waals surface area (Å²) in [5.41, 5.74) is 9.08. The second kappa shape index (κ2) is 6.36. The molecule has 0 fully saturated rings. The Morgan fingerprint density at radius 3 is 2.40 bits per heavy atom. The van der Waals surface area contributed by atoms with E-state index < -0.39 is 0 Å². The number of imidazole rings is 1. The number of fused-ring (bicyclic) bond motifs is 1. The van der Waals surface area contributed by atoms with Gasteiger partial charge in [0, 0.05) is 18.4 Å². The van der Waals surface area contributed by atoms with Gasteiger partial charge in [0.1, 0.15) is 5.82 Å². The minimum atomic E-state index is -0.190. The summed E-state index contributed by atoms with van der Waals surface area (Å²) >= 11 is 0. The molecule has 0 unspecified atom stereocenters. The van der Waals surface area contributed by atoms with Gasteiger partial charge in [-0.1, -0.05) is 6.58 Å². The van der Waals surface area contributed by atoms with Gasteiger partial charge >= 0.3 is 0 Å². The van der Waals surface area contributed by atoms with Crippen molar-refractivity contribution in [1.29, 1.82) is 0 Å². The molecular weight excluding hydrogens is 313 g/mol. The Kier molecular flexibility index (Phi) is 4.38. The standard InChI is InChI=1S/C21H24FN3/c1-12(2)17-9-20(21-24-15(5)16(6)25(21)11-17)23-10-19-13(3)7-18(22)8-14(19)4/h7-9,11,23H,1,10H2,2-6H3. The van der Waals surface area contributed by atoms with Crippen LogP contribution in [0.3, 0.4) is 0 Å². The Bertz CT molecular complexity index is 959. The summed E-state index contributed by atoms with van der Waals surface area (Å²) in [5.74, 6) is -0.190. The second-order valence-corrected chi connectivity index (χ2v) is 6.77. The van der Waals surface area contributed by atoms with Crippen molar-refractivity contribution in [3.63, 3.8) is 0 Å². The van der Waals surface area contributed by atoms with Gasteiger partial charge < -0.3 is 9.72 Å². The van der Waals surface area contributed by atoms with Gasteiger partial charge in [-0.15, -0.1) is 0 Å². The molecule has 0 radical (unpaired) electrons. The summed E-state index contributed by atoms with van der Waals surface area (Å²) in [4.78, 5) is 4.70. The number of pyridine rings is 1. The SMILES string of the molecule is C=C(C)c1cc(NCc2c(C)cc(F)cc2C)c2nc(C)c(C)n2c1. The number of aryl methyl sites for hydroxylation is 4. The normalized spacial score (nSPS) is 11.1. The Morgan fingerprint density at radius 1 is 1.16 bits per heavy atom. The number of rotatable bonds is 4. The fourth-order valence-electron chi connectivity index (χ4n) is 3.14. The topological polar surface area (TPSA) is 29.3 Å². The molecule has 1 aromatic carbocycles. The van der Waals surface area contributed by atoms with Crippen LogP contribution in [0.1, 0.15) is 40.6 Å². The number of nitrogens with zero attached hydrogens (tertiary/aromatic N) is 2. The maximum atomic E-state index is 13.5. The lowest BCUT2D eigenvalue weighted by molar-refractivity contribution is 0.624. The van der Waals surface area contributed by atoms with Gasteiger partial charge in [-0.05, 0) is 80.6 Å². The summed E-state index contributed by atoms with van der Waals surface area (Å²) in [5, 5.41) is 3.49. The Morgan fingerprint density at radius 2 is 1.80 bits per heavy atom. The molecule has 0 saturated heterocycles. The Balaban J connectivity index is 2.04. The van der Waals surface area contributed by atoms with E-state index in [1.807, 2.05) is 27.7 Å². The minimum absolute atomic E-state index is 0.190. The number of allylic oxidation sites excluding steroid dienone is 1. The first-order valence-electron chi connectivity index (χ1n) is 8.42. The van der Waals surface area contributed by atoms with Crippen LogP contribution in [0.4, 0.5) is 10.1 Å². The first-order chi connectivity index (χ1) is 11.8. The smallest absolute Gasteiger partial charge is 0.160 e. The molecule has 0 aliphatic heterocycles. The van der Waals surface area contributed by atoms with Gasteiger partial charge in [0.15, 0.2) is 5.65 Å². The van der Waals surface area contributed by atoms with Gasteiger partial charge in [-0.2, -0.15) is 0 Å². The molecule has 0 bridgehead atoms. The first-order valence-corrected chi connectivity index (χ1v) is 8.42. The van der Waals surface area contributed by atoms with Crippen molar-refractivity contribution in [1.82, 2.24) is 9.38 Å². The lowest BCUT2D eigenvalue weighted by atomic mass is 10.0. The summed E-state index contributed by atoms with van der Waals surface area (Å²) < 4.78 is 15.6. The van der Waals surface area contributed by atoms with Crippen molar-refractivity contribution in [2.45, 2.75) is 41.2 Å². The van der Waals surface area contributed by atoms with E-state index in [4.69, 9.17) is 4.98 Å². The number of nitrogens with one attached hydrogen (secondary N) is 1. The quantitative estimate of drug-likeness (QED) is 0.695. The van der Waals surface area contributed by atoms with Crippen LogP contribution in [0.25, 0.3) is 11.2 Å². The van der Waals surface area contributed by atoms with Crippen LogP contribution in [-0.2, 0) is 6.54 Å². The van der Waals surface area contributed by atoms with Crippen molar-refractivity contribution in [3.8, 4) is 0 Å². The molecule has 0 aliphatic rings. The van der Waals surface area contributed by atoms with E-state index in [0.717, 1.165) is 50.5 Å². The predicted molar refractivity (Wildman–Crippen MR) is 103 cm³/mol. The predicted octanol–water partition coefficient (Wildman–Crippen LogP) is 5.35. The molecule has 4 heteroatoms. The molecule has 0 spiro atoms. The number of aromatic nitrogens is 2.